The number of nitrogens with one attached hydrogen (secondary N) is 1. The highest BCUT2D eigenvalue weighted by Crippen LogP contribution is 2.19. The first kappa shape index (κ1) is 15.7. The zero-order valence-electron chi connectivity index (χ0n) is 13.6. The molecule has 5 heteroatoms. The van der Waals surface area contributed by atoms with Crippen LogP contribution in [-0.4, -0.2) is 47.6 Å². The molecule has 23 heavy (non-hydrogen) atoms. The highest BCUT2D eigenvalue weighted by Gasteiger charge is 2.20. The molecule has 0 aliphatic carbocycles. The minimum absolute atomic E-state index is 0.0985. The van der Waals surface area contributed by atoms with Gasteiger partial charge in [-0.2, -0.15) is 0 Å². The molecule has 0 radical (unpaired) electrons. The summed E-state index contributed by atoms with van der Waals surface area (Å²) < 4.78 is 0. The highest BCUT2D eigenvalue weighted by atomic mass is 16.1. The lowest BCUT2D eigenvalue weighted by atomic mass is 9.97. The zero-order chi connectivity index (χ0) is 16.1. The summed E-state index contributed by atoms with van der Waals surface area (Å²) in [5.41, 5.74) is 1.31. The monoisotopic (exact) mass is 312 g/mol. The van der Waals surface area contributed by atoms with E-state index < -0.39 is 0 Å². The van der Waals surface area contributed by atoms with Crippen molar-refractivity contribution in [2.45, 2.75) is 19.3 Å². The Morgan fingerprint density at radius 2 is 1.91 bits per heavy atom. The fourth-order valence-corrected chi connectivity index (χ4v) is 3.08. The van der Waals surface area contributed by atoms with E-state index in [0.717, 1.165) is 39.1 Å². The maximum absolute atomic E-state index is 11.8. The Morgan fingerprint density at radius 1 is 1.17 bits per heavy atom. The van der Waals surface area contributed by atoms with E-state index in [2.05, 4.69) is 57.0 Å². The Kier molecular flexibility index (Phi) is 5.08. The quantitative estimate of drug-likeness (QED) is 0.918. The number of piperazine rings is 1. The van der Waals surface area contributed by atoms with Gasteiger partial charge in [0.05, 0.1) is 0 Å². The van der Waals surface area contributed by atoms with Gasteiger partial charge in [-0.3, -0.25) is 9.69 Å². The molecule has 1 fully saturated rings. The maximum atomic E-state index is 11.8. The Morgan fingerprint density at radius 3 is 2.61 bits per heavy atom. The second-order valence-electron chi connectivity index (χ2n) is 6.17. The van der Waals surface area contributed by atoms with Crippen LogP contribution < -0.4 is 10.5 Å². The van der Waals surface area contributed by atoms with Crippen LogP contribution >= 0.6 is 0 Å². The van der Waals surface area contributed by atoms with Gasteiger partial charge in [-0.1, -0.05) is 37.3 Å². The molecule has 1 N–H and O–H groups in total. The van der Waals surface area contributed by atoms with E-state index in [1.54, 1.807) is 12.4 Å². The fraction of sp³-hybridized carbons (Fsp3) is 0.444. The van der Waals surface area contributed by atoms with Gasteiger partial charge in [0.1, 0.15) is 0 Å². The first-order valence-electron chi connectivity index (χ1n) is 8.30. The molecule has 0 saturated carbocycles. The van der Waals surface area contributed by atoms with Crippen LogP contribution in [0.3, 0.4) is 0 Å². The Balaban J connectivity index is 1.48. The summed E-state index contributed by atoms with van der Waals surface area (Å²) in [7, 11) is 0. The van der Waals surface area contributed by atoms with Crippen LogP contribution in [0.1, 0.15) is 24.8 Å². The Hall–Kier alpha value is -2.14. The summed E-state index contributed by atoms with van der Waals surface area (Å²) in [4.78, 5) is 23.3. The second-order valence-corrected chi connectivity index (χ2v) is 6.17. The summed E-state index contributed by atoms with van der Waals surface area (Å²) in [6.45, 7) is 7.08. The lowest BCUT2D eigenvalue weighted by molar-refractivity contribution is 0.249. The van der Waals surface area contributed by atoms with Gasteiger partial charge in [0.25, 0.3) is 5.56 Å². The smallest absolute Gasteiger partial charge is 0.290 e. The van der Waals surface area contributed by atoms with Crippen molar-refractivity contribution in [3.8, 4) is 0 Å². The van der Waals surface area contributed by atoms with Crippen LogP contribution in [0.4, 0.5) is 5.82 Å². The van der Waals surface area contributed by atoms with Crippen LogP contribution in [0, 0.1) is 0 Å². The molecule has 1 aromatic heterocycles. The summed E-state index contributed by atoms with van der Waals surface area (Å²) in [6.07, 6.45) is 4.38. The van der Waals surface area contributed by atoms with E-state index in [0.29, 0.717) is 11.7 Å². The van der Waals surface area contributed by atoms with Gasteiger partial charge in [-0.15, -0.1) is 0 Å². The molecule has 2 aromatic rings. The molecule has 5 nitrogen and oxygen atoms in total. The average Bonchev–Trinajstić information content (AvgIpc) is 2.61. The molecule has 1 aromatic carbocycles. The number of nitrogens with zero attached hydrogens (tertiary/aromatic N) is 3. The van der Waals surface area contributed by atoms with E-state index in [9.17, 15) is 4.79 Å². The molecule has 0 amide bonds. The number of H-pyrrole nitrogens is 1. The Bertz CT molecular complexity index is 662. The average molecular weight is 312 g/mol. The summed E-state index contributed by atoms with van der Waals surface area (Å²) in [5.74, 6) is 1.12. The molecule has 3 rings (SSSR count). The third-order valence-electron chi connectivity index (χ3n) is 4.61. The summed E-state index contributed by atoms with van der Waals surface area (Å²) >= 11 is 0. The minimum atomic E-state index is -0.0985. The lowest BCUT2D eigenvalue weighted by Gasteiger charge is -2.35. The molecule has 1 saturated heterocycles. The van der Waals surface area contributed by atoms with Crippen molar-refractivity contribution in [1.29, 1.82) is 0 Å². The molecule has 122 valence electrons. The van der Waals surface area contributed by atoms with Crippen molar-refractivity contribution in [3.05, 3.63) is 58.6 Å². The topological polar surface area (TPSA) is 52.2 Å². The van der Waals surface area contributed by atoms with E-state index in [-0.39, 0.29) is 5.56 Å². The van der Waals surface area contributed by atoms with Gasteiger partial charge in [0.2, 0.25) is 0 Å². The molecule has 2 heterocycles. The predicted molar refractivity (Wildman–Crippen MR) is 93.0 cm³/mol. The fourth-order valence-electron chi connectivity index (χ4n) is 3.08. The van der Waals surface area contributed by atoms with Gasteiger partial charge in [-0.25, -0.2) is 4.98 Å². The normalized spacial score (nSPS) is 17.2. The van der Waals surface area contributed by atoms with Crippen LogP contribution in [0.2, 0.25) is 0 Å². The van der Waals surface area contributed by atoms with Crippen molar-refractivity contribution < 1.29 is 0 Å². The first-order valence-corrected chi connectivity index (χ1v) is 8.30. The molecular formula is C18H24N4O. The van der Waals surface area contributed by atoms with Gasteiger partial charge in [-0.05, 0) is 24.4 Å². The number of anilines is 1. The van der Waals surface area contributed by atoms with Gasteiger partial charge >= 0.3 is 0 Å². The molecular weight excluding hydrogens is 288 g/mol. The molecule has 1 aliphatic rings. The largest absolute Gasteiger partial charge is 0.349 e. The minimum Gasteiger partial charge on any atom is -0.349 e. The van der Waals surface area contributed by atoms with E-state index >= 15 is 0 Å². The highest BCUT2D eigenvalue weighted by molar-refractivity contribution is 5.35. The van der Waals surface area contributed by atoms with Crippen LogP contribution in [0.5, 0.6) is 0 Å². The Labute approximate surface area is 137 Å². The zero-order valence-corrected chi connectivity index (χ0v) is 13.6. The molecule has 0 unspecified atom stereocenters. The second kappa shape index (κ2) is 7.42. The van der Waals surface area contributed by atoms with Gasteiger partial charge < -0.3 is 9.88 Å². The number of hydrogen-bond donors (Lipinski definition) is 1. The summed E-state index contributed by atoms with van der Waals surface area (Å²) in [5, 5.41) is 0. The van der Waals surface area contributed by atoms with Crippen molar-refractivity contribution in [3.63, 3.8) is 0 Å². The molecule has 1 aliphatic heterocycles. The number of rotatable bonds is 5. The van der Waals surface area contributed by atoms with Gasteiger partial charge in [0, 0.05) is 38.6 Å². The SMILES string of the molecule is C[C@H](CCN1CCN(c2ncc[nH]c2=O)CC1)c1ccccc1. The third kappa shape index (κ3) is 3.99. The van der Waals surface area contributed by atoms with Crippen molar-refractivity contribution >= 4 is 5.82 Å². The summed E-state index contributed by atoms with van der Waals surface area (Å²) in [6, 6.07) is 10.7. The third-order valence-corrected chi connectivity index (χ3v) is 4.61. The van der Waals surface area contributed by atoms with Crippen LogP contribution in [-0.2, 0) is 0 Å². The number of hydrogen-bond acceptors (Lipinski definition) is 4. The molecule has 0 bridgehead atoms. The molecule has 1 atom stereocenters. The first-order chi connectivity index (χ1) is 11.2. The number of aromatic amines is 1. The van der Waals surface area contributed by atoms with E-state index in [1.165, 1.54) is 5.56 Å². The van der Waals surface area contributed by atoms with Crippen molar-refractivity contribution in [2.24, 2.45) is 0 Å². The lowest BCUT2D eigenvalue weighted by Crippen LogP contribution is -2.48. The van der Waals surface area contributed by atoms with Crippen molar-refractivity contribution in [2.75, 3.05) is 37.6 Å². The number of benzene rings is 1. The van der Waals surface area contributed by atoms with Crippen LogP contribution in [0.15, 0.2) is 47.5 Å². The van der Waals surface area contributed by atoms with Gasteiger partial charge in [0.15, 0.2) is 5.82 Å². The van der Waals surface area contributed by atoms with Crippen LogP contribution in [0.25, 0.3) is 0 Å². The molecule has 0 spiro atoms. The number of aromatic nitrogens is 2. The standard InChI is InChI=1S/C18H24N4O/c1-15(16-5-3-2-4-6-16)7-10-21-11-13-22(14-12-21)17-18(23)20-9-8-19-17/h2-6,8-9,15H,7,10-14H2,1H3,(H,20,23)/t15-/m1/s1. The van der Waals surface area contributed by atoms with E-state index in [4.69, 9.17) is 0 Å². The maximum Gasteiger partial charge on any atom is 0.290 e. The van der Waals surface area contributed by atoms with Crippen molar-refractivity contribution in [1.82, 2.24) is 14.9 Å². The predicted octanol–water partition coefficient (Wildman–Crippen LogP) is 2.09. The van der Waals surface area contributed by atoms with E-state index in [1.807, 2.05) is 0 Å².